The van der Waals surface area contributed by atoms with Crippen molar-refractivity contribution in [1.29, 1.82) is 0 Å². The van der Waals surface area contributed by atoms with Gasteiger partial charge in [-0.1, -0.05) is 6.07 Å². The lowest BCUT2D eigenvalue weighted by molar-refractivity contribution is 0.629. The Morgan fingerprint density at radius 2 is 1.90 bits per heavy atom. The molecule has 2 aromatic heterocycles. The second-order valence-electron chi connectivity index (χ2n) is 4.82. The molecule has 102 valence electrons. The molecule has 5 heteroatoms. The SMILES string of the molecule is Nc1nc2cc(F)ccc2n1-c1ccc2ncccc2c1. The molecule has 0 aliphatic heterocycles. The molecule has 2 heterocycles. The largest absolute Gasteiger partial charge is 0.369 e. The van der Waals surface area contributed by atoms with Gasteiger partial charge < -0.3 is 5.73 Å². The molecule has 4 nitrogen and oxygen atoms in total. The molecule has 0 fully saturated rings. The van der Waals surface area contributed by atoms with Crippen molar-refractivity contribution in [2.75, 3.05) is 5.73 Å². The maximum atomic E-state index is 13.3. The number of benzene rings is 2. The fourth-order valence-electron chi connectivity index (χ4n) is 2.55. The first kappa shape index (κ1) is 11.8. The molecule has 0 aliphatic rings. The highest BCUT2D eigenvalue weighted by molar-refractivity contribution is 5.84. The summed E-state index contributed by atoms with van der Waals surface area (Å²) in [6.07, 6.45) is 1.76. The second kappa shape index (κ2) is 4.28. The van der Waals surface area contributed by atoms with Crippen LogP contribution in [-0.4, -0.2) is 14.5 Å². The number of rotatable bonds is 1. The van der Waals surface area contributed by atoms with Crippen LogP contribution in [0.5, 0.6) is 0 Å². The van der Waals surface area contributed by atoms with Gasteiger partial charge in [-0.3, -0.25) is 9.55 Å². The molecule has 0 saturated carbocycles. The highest BCUT2D eigenvalue weighted by atomic mass is 19.1. The van der Waals surface area contributed by atoms with Crippen LogP contribution < -0.4 is 5.73 Å². The number of nitrogens with zero attached hydrogens (tertiary/aromatic N) is 3. The molecule has 2 N–H and O–H groups in total. The average Bonchev–Trinajstić information content (AvgIpc) is 2.81. The van der Waals surface area contributed by atoms with E-state index in [1.54, 1.807) is 16.8 Å². The molecule has 0 saturated heterocycles. The maximum Gasteiger partial charge on any atom is 0.205 e. The normalized spacial score (nSPS) is 11.3. The number of imidazole rings is 1. The van der Waals surface area contributed by atoms with Crippen molar-refractivity contribution in [3.63, 3.8) is 0 Å². The number of hydrogen-bond acceptors (Lipinski definition) is 3. The van der Waals surface area contributed by atoms with Crippen LogP contribution in [0.1, 0.15) is 0 Å². The van der Waals surface area contributed by atoms with E-state index in [9.17, 15) is 4.39 Å². The molecule has 0 aliphatic carbocycles. The molecule has 21 heavy (non-hydrogen) atoms. The van der Waals surface area contributed by atoms with Crippen molar-refractivity contribution in [2.24, 2.45) is 0 Å². The van der Waals surface area contributed by atoms with Gasteiger partial charge in [0, 0.05) is 23.3 Å². The molecule has 0 bridgehead atoms. The first-order valence-corrected chi connectivity index (χ1v) is 6.51. The van der Waals surface area contributed by atoms with Gasteiger partial charge in [0.2, 0.25) is 5.95 Å². The van der Waals surface area contributed by atoms with Gasteiger partial charge in [-0.25, -0.2) is 9.37 Å². The van der Waals surface area contributed by atoms with E-state index in [0.717, 1.165) is 22.1 Å². The number of nitrogens with two attached hydrogens (primary N) is 1. The average molecular weight is 278 g/mol. The van der Waals surface area contributed by atoms with Crippen LogP contribution in [0.25, 0.3) is 27.6 Å². The van der Waals surface area contributed by atoms with E-state index in [4.69, 9.17) is 5.73 Å². The standard InChI is InChI=1S/C16H11FN4/c17-11-3-6-15-14(9-11)20-16(18)21(15)12-4-5-13-10(8-12)2-1-7-19-13/h1-9H,(H2,18,20). The lowest BCUT2D eigenvalue weighted by atomic mass is 10.2. The Balaban J connectivity index is 2.01. The number of halogens is 1. The van der Waals surface area contributed by atoms with Crippen molar-refractivity contribution >= 4 is 27.9 Å². The summed E-state index contributed by atoms with van der Waals surface area (Å²) in [5.74, 6) is 0.00806. The summed E-state index contributed by atoms with van der Waals surface area (Å²) in [5.41, 5.74) is 9.10. The topological polar surface area (TPSA) is 56.7 Å². The monoisotopic (exact) mass is 278 g/mol. The Morgan fingerprint density at radius 1 is 1.00 bits per heavy atom. The van der Waals surface area contributed by atoms with Crippen LogP contribution in [0.3, 0.4) is 0 Å². The molecule has 0 atom stereocenters. The minimum Gasteiger partial charge on any atom is -0.369 e. The zero-order valence-electron chi connectivity index (χ0n) is 11.0. The first-order valence-electron chi connectivity index (χ1n) is 6.51. The molecule has 4 aromatic rings. The fourth-order valence-corrected chi connectivity index (χ4v) is 2.55. The van der Waals surface area contributed by atoms with Crippen LogP contribution in [-0.2, 0) is 0 Å². The van der Waals surface area contributed by atoms with Crippen LogP contribution in [0.15, 0.2) is 54.7 Å². The van der Waals surface area contributed by atoms with E-state index < -0.39 is 0 Å². The zero-order valence-corrected chi connectivity index (χ0v) is 11.0. The Bertz CT molecular complexity index is 975. The van der Waals surface area contributed by atoms with Gasteiger partial charge in [0.1, 0.15) is 5.82 Å². The molecule has 4 rings (SSSR count). The van der Waals surface area contributed by atoms with E-state index >= 15 is 0 Å². The third-order valence-electron chi connectivity index (χ3n) is 3.49. The first-order chi connectivity index (χ1) is 10.2. The van der Waals surface area contributed by atoms with Crippen molar-refractivity contribution in [2.45, 2.75) is 0 Å². The van der Waals surface area contributed by atoms with E-state index in [1.165, 1.54) is 12.1 Å². The van der Waals surface area contributed by atoms with E-state index in [2.05, 4.69) is 9.97 Å². The third kappa shape index (κ3) is 1.82. The van der Waals surface area contributed by atoms with Gasteiger partial charge in [-0.15, -0.1) is 0 Å². The van der Waals surface area contributed by atoms with Crippen molar-refractivity contribution in [3.05, 3.63) is 60.5 Å². The Labute approximate surface area is 119 Å². The highest BCUT2D eigenvalue weighted by Crippen LogP contribution is 2.25. The molecule has 0 radical (unpaired) electrons. The van der Waals surface area contributed by atoms with Gasteiger partial charge >= 0.3 is 0 Å². The van der Waals surface area contributed by atoms with Gasteiger partial charge in [-0.05, 0) is 36.4 Å². The molecule has 0 spiro atoms. The van der Waals surface area contributed by atoms with Crippen LogP contribution in [0.2, 0.25) is 0 Å². The van der Waals surface area contributed by atoms with E-state index in [0.29, 0.717) is 11.5 Å². The number of fused-ring (bicyclic) bond motifs is 2. The highest BCUT2D eigenvalue weighted by Gasteiger charge is 2.11. The Morgan fingerprint density at radius 3 is 2.81 bits per heavy atom. The summed E-state index contributed by atoms with van der Waals surface area (Å²) in [5, 5.41) is 1.01. The third-order valence-corrected chi connectivity index (χ3v) is 3.49. The lowest BCUT2D eigenvalue weighted by Gasteiger charge is -2.07. The number of pyridine rings is 1. The van der Waals surface area contributed by atoms with Crippen LogP contribution in [0.4, 0.5) is 10.3 Å². The van der Waals surface area contributed by atoms with Crippen LogP contribution >= 0.6 is 0 Å². The second-order valence-corrected chi connectivity index (χ2v) is 4.82. The molecule has 2 aromatic carbocycles. The number of hydrogen-bond donors (Lipinski definition) is 1. The number of nitrogen functional groups attached to an aromatic ring is 1. The molecule has 0 unspecified atom stereocenters. The summed E-state index contributed by atoms with van der Waals surface area (Å²) in [6, 6.07) is 14.2. The minimum absolute atomic E-state index is 0.324. The lowest BCUT2D eigenvalue weighted by Crippen LogP contribution is -2.00. The number of aromatic nitrogens is 3. The quantitative estimate of drug-likeness (QED) is 0.581. The minimum atomic E-state index is -0.324. The van der Waals surface area contributed by atoms with Gasteiger partial charge in [0.25, 0.3) is 0 Å². The fraction of sp³-hybridized carbons (Fsp3) is 0. The summed E-state index contributed by atoms with van der Waals surface area (Å²) in [6.45, 7) is 0. The van der Waals surface area contributed by atoms with Crippen molar-refractivity contribution < 1.29 is 4.39 Å². The molecular weight excluding hydrogens is 267 g/mol. The van der Waals surface area contributed by atoms with E-state index in [1.807, 2.05) is 30.3 Å². The smallest absolute Gasteiger partial charge is 0.205 e. The molecule has 0 amide bonds. The summed E-state index contributed by atoms with van der Waals surface area (Å²) >= 11 is 0. The van der Waals surface area contributed by atoms with Gasteiger partial charge in [0.15, 0.2) is 0 Å². The summed E-state index contributed by atoms with van der Waals surface area (Å²) in [4.78, 5) is 8.51. The zero-order chi connectivity index (χ0) is 14.4. The van der Waals surface area contributed by atoms with Gasteiger partial charge in [-0.2, -0.15) is 0 Å². The van der Waals surface area contributed by atoms with E-state index in [-0.39, 0.29) is 5.82 Å². The predicted molar refractivity (Wildman–Crippen MR) is 80.7 cm³/mol. The van der Waals surface area contributed by atoms with Gasteiger partial charge in [0.05, 0.1) is 16.6 Å². The Hall–Kier alpha value is -2.95. The van der Waals surface area contributed by atoms with Crippen molar-refractivity contribution in [3.8, 4) is 5.69 Å². The van der Waals surface area contributed by atoms with Crippen LogP contribution in [0, 0.1) is 5.82 Å². The number of anilines is 1. The molecular formula is C16H11FN4. The summed E-state index contributed by atoms with van der Waals surface area (Å²) in [7, 11) is 0. The van der Waals surface area contributed by atoms with Crippen molar-refractivity contribution in [1.82, 2.24) is 14.5 Å². The predicted octanol–water partition coefficient (Wildman–Crippen LogP) is 3.30. The Kier molecular flexibility index (Phi) is 2.41. The maximum absolute atomic E-state index is 13.3. The summed E-state index contributed by atoms with van der Waals surface area (Å²) < 4.78 is 15.1.